The first-order valence-electron chi connectivity index (χ1n) is 7.50. The van der Waals surface area contributed by atoms with Gasteiger partial charge in [0.15, 0.2) is 0 Å². The maximum atomic E-state index is 12.9. The zero-order valence-electron chi connectivity index (χ0n) is 12.5. The van der Waals surface area contributed by atoms with Gasteiger partial charge in [-0.1, -0.05) is 44.2 Å². The van der Waals surface area contributed by atoms with E-state index in [4.69, 9.17) is 5.73 Å². The lowest BCUT2D eigenvalue weighted by molar-refractivity contribution is -0.136. The molecule has 1 heterocycles. The Bertz CT molecular complexity index is 431. The van der Waals surface area contributed by atoms with Crippen molar-refractivity contribution >= 4 is 5.91 Å². The Labute approximate surface area is 121 Å². The molecule has 0 aromatic heterocycles. The number of hydrogen-bond acceptors (Lipinski definition) is 3. The molecule has 1 aromatic carbocycles. The number of nitrogens with zero attached hydrogens (tertiary/aromatic N) is 2. The van der Waals surface area contributed by atoms with Crippen molar-refractivity contribution in [3.8, 4) is 0 Å². The summed E-state index contributed by atoms with van der Waals surface area (Å²) in [6.45, 7) is 7.39. The molecule has 110 valence electrons. The second-order valence-electron chi connectivity index (χ2n) is 5.37. The minimum Gasteiger partial charge on any atom is -0.339 e. The summed E-state index contributed by atoms with van der Waals surface area (Å²) in [5, 5.41) is 0. The van der Waals surface area contributed by atoms with Crippen LogP contribution in [0.5, 0.6) is 0 Å². The summed E-state index contributed by atoms with van der Waals surface area (Å²) in [7, 11) is 0. The molecule has 4 nitrogen and oxygen atoms in total. The number of carbonyl (C=O) groups is 1. The fraction of sp³-hybridized carbons (Fsp3) is 0.562. The molecule has 0 saturated carbocycles. The maximum absolute atomic E-state index is 12.9. The monoisotopic (exact) mass is 275 g/mol. The van der Waals surface area contributed by atoms with Gasteiger partial charge in [0, 0.05) is 19.1 Å². The first-order chi connectivity index (χ1) is 9.67. The highest BCUT2D eigenvalue weighted by molar-refractivity contribution is 5.83. The van der Waals surface area contributed by atoms with Crippen LogP contribution in [0.15, 0.2) is 30.3 Å². The van der Waals surface area contributed by atoms with Gasteiger partial charge in [-0.05, 0) is 25.1 Å². The summed E-state index contributed by atoms with van der Waals surface area (Å²) < 4.78 is 0. The molecule has 4 heteroatoms. The minimum atomic E-state index is -0.184. The molecule has 0 radical (unpaired) electrons. The van der Waals surface area contributed by atoms with E-state index in [1.54, 1.807) is 0 Å². The Hall–Kier alpha value is -1.39. The molecule has 1 unspecified atom stereocenters. The van der Waals surface area contributed by atoms with Crippen LogP contribution in [-0.4, -0.2) is 47.9 Å². The molecule has 0 spiro atoms. The lowest BCUT2D eigenvalue weighted by Crippen LogP contribution is -2.43. The van der Waals surface area contributed by atoms with Crippen molar-refractivity contribution in [3.63, 3.8) is 0 Å². The number of nitrogens with two attached hydrogens (primary N) is 1. The molecule has 20 heavy (non-hydrogen) atoms. The van der Waals surface area contributed by atoms with Crippen molar-refractivity contribution in [2.24, 2.45) is 5.73 Å². The van der Waals surface area contributed by atoms with Gasteiger partial charge in [-0.2, -0.15) is 0 Å². The predicted molar refractivity (Wildman–Crippen MR) is 81.3 cm³/mol. The van der Waals surface area contributed by atoms with E-state index in [1.807, 2.05) is 35.2 Å². The maximum Gasteiger partial charge on any atom is 0.244 e. The number of likely N-dealkylation sites (tertiary alicyclic amines) is 1. The van der Waals surface area contributed by atoms with Crippen LogP contribution in [0, 0.1) is 0 Å². The van der Waals surface area contributed by atoms with Crippen molar-refractivity contribution in [3.05, 3.63) is 35.9 Å². The molecule has 2 rings (SSSR count). The summed E-state index contributed by atoms with van der Waals surface area (Å²) in [5.74, 6) is 0.188. The zero-order valence-corrected chi connectivity index (χ0v) is 12.5. The second kappa shape index (κ2) is 6.86. The number of benzene rings is 1. The van der Waals surface area contributed by atoms with E-state index in [9.17, 15) is 4.79 Å². The Morgan fingerprint density at radius 2 is 2.00 bits per heavy atom. The van der Waals surface area contributed by atoms with Crippen LogP contribution < -0.4 is 5.73 Å². The smallest absolute Gasteiger partial charge is 0.244 e. The Morgan fingerprint density at radius 1 is 1.35 bits per heavy atom. The van der Waals surface area contributed by atoms with Gasteiger partial charge in [0.05, 0.1) is 0 Å². The lowest BCUT2D eigenvalue weighted by atomic mass is 10.0. The molecular formula is C16H25N3O. The highest BCUT2D eigenvalue weighted by atomic mass is 16.2. The van der Waals surface area contributed by atoms with Gasteiger partial charge >= 0.3 is 0 Å². The number of hydrogen-bond donors (Lipinski definition) is 1. The summed E-state index contributed by atoms with van der Waals surface area (Å²) in [5.41, 5.74) is 7.01. The van der Waals surface area contributed by atoms with Gasteiger partial charge < -0.3 is 10.6 Å². The highest BCUT2D eigenvalue weighted by Gasteiger charge is 2.33. The Morgan fingerprint density at radius 3 is 2.50 bits per heavy atom. The van der Waals surface area contributed by atoms with Crippen molar-refractivity contribution < 1.29 is 4.79 Å². The van der Waals surface area contributed by atoms with Crippen LogP contribution >= 0.6 is 0 Å². The molecule has 1 aromatic rings. The average Bonchev–Trinajstić information content (AvgIpc) is 2.91. The third-order valence-electron chi connectivity index (χ3n) is 4.06. The Kier molecular flexibility index (Phi) is 5.15. The first-order valence-corrected chi connectivity index (χ1v) is 7.50. The largest absolute Gasteiger partial charge is 0.339 e. The quantitative estimate of drug-likeness (QED) is 0.888. The lowest BCUT2D eigenvalue weighted by Gasteiger charge is -2.32. The van der Waals surface area contributed by atoms with Crippen LogP contribution in [0.2, 0.25) is 0 Å². The van der Waals surface area contributed by atoms with E-state index >= 15 is 0 Å². The average molecular weight is 275 g/mol. The van der Waals surface area contributed by atoms with E-state index < -0.39 is 0 Å². The second-order valence-corrected chi connectivity index (χ2v) is 5.37. The molecular weight excluding hydrogens is 250 g/mol. The van der Waals surface area contributed by atoms with Crippen LogP contribution in [0.25, 0.3) is 0 Å². The van der Waals surface area contributed by atoms with Gasteiger partial charge in [0.1, 0.15) is 6.04 Å². The van der Waals surface area contributed by atoms with Crippen LogP contribution in [0.3, 0.4) is 0 Å². The molecule has 1 amide bonds. The molecule has 1 aliphatic rings. The molecule has 0 aliphatic carbocycles. The zero-order chi connectivity index (χ0) is 14.5. The standard InChI is InChI=1S/C16H25N3O/c1-3-18(4-2)15(13-8-6-5-7-9-13)16(20)19-11-10-14(17)12-19/h5-9,14-15H,3-4,10-12,17H2,1-2H3/t14-,15?/m1/s1. The van der Waals surface area contributed by atoms with Crippen molar-refractivity contribution in [2.75, 3.05) is 26.2 Å². The molecule has 1 saturated heterocycles. The van der Waals surface area contributed by atoms with Crippen LogP contribution in [0.1, 0.15) is 31.9 Å². The fourth-order valence-corrected chi connectivity index (χ4v) is 2.89. The third kappa shape index (κ3) is 3.19. The highest BCUT2D eigenvalue weighted by Crippen LogP contribution is 2.24. The summed E-state index contributed by atoms with van der Waals surface area (Å²) in [6, 6.07) is 10.00. The van der Waals surface area contributed by atoms with Crippen LogP contribution in [0.4, 0.5) is 0 Å². The van der Waals surface area contributed by atoms with Gasteiger partial charge in [0.2, 0.25) is 5.91 Å². The molecule has 0 bridgehead atoms. The SMILES string of the molecule is CCN(CC)C(C(=O)N1CC[C@@H](N)C1)c1ccccc1. The topological polar surface area (TPSA) is 49.6 Å². The summed E-state index contributed by atoms with van der Waals surface area (Å²) in [6.07, 6.45) is 0.908. The van der Waals surface area contributed by atoms with Crippen molar-refractivity contribution in [2.45, 2.75) is 32.4 Å². The predicted octanol–water partition coefficient (Wildman–Crippen LogP) is 1.63. The minimum absolute atomic E-state index is 0.132. The van der Waals surface area contributed by atoms with Gasteiger partial charge in [0.25, 0.3) is 0 Å². The normalized spacial score (nSPS) is 20.4. The molecule has 1 aliphatic heterocycles. The van der Waals surface area contributed by atoms with Gasteiger partial charge in [-0.3, -0.25) is 9.69 Å². The third-order valence-corrected chi connectivity index (χ3v) is 4.06. The van der Waals surface area contributed by atoms with E-state index in [0.717, 1.165) is 31.6 Å². The number of carbonyl (C=O) groups excluding carboxylic acids is 1. The number of likely N-dealkylation sites (N-methyl/N-ethyl adjacent to an activating group) is 1. The van der Waals surface area contributed by atoms with E-state index in [2.05, 4.69) is 18.7 Å². The molecule has 1 fully saturated rings. The van der Waals surface area contributed by atoms with Crippen molar-refractivity contribution in [1.29, 1.82) is 0 Å². The van der Waals surface area contributed by atoms with Crippen LogP contribution in [-0.2, 0) is 4.79 Å². The van der Waals surface area contributed by atoms with Gasteiger partial charge in [-0.25, -0.2) is 0 Å². The van der Waals surface area contributed by atoms with E-state index in [-0.39, 0.29) is 18.0 Å². The fourth-order valence-electron chi connectivity index (χ4n) is 2.89. The van der Waals surface area contributed by atoms with Gasteiger partial charge in [-0.15, -0.1) is 0 Å². The Balaban J connectivity index is 2.24. The first kappa shape index (κ1) is 15.0. The summed E-state index contributed by atoms with van der Waals surface area (Å²) in [4.78, 5) is 17.0. The molecule has 2 atom stereocenters. The van der Waals surface area contributed by atoms with E-state index in [0.29, 0.717) is 6.54 Å². The summed E-state index contributed by atoms with van der Waals surface area (Å²) >= 11 is 0. The van der Waals surface area contributed by atoms with E-state index in [1.165, 1.54) is 0 Å². The molecule has 2 N–H and O–H groups in total. The number of amides is 1. The van der Waals surface area contributed by atoms with Crippen molar-refractivity contribution in [1.82, 2.24) is 9.80 Å². The number of rotatable bonds is 5.